The predicted octanol–water partition coefficient (Wildman–Crippen LogP) is 1.94. The average molecular weight is 368 g/mol. The van der Waals surface area contributed by atoms with E-state index < -0.39 is 23.6 Å². The van der Waals surface area contributed by atoms with E-state index in [9.17, 15) is 14.3 Å². The molecule has 0 heterocycles. The van der Waals surface area contributed by atoms with E-state index in [1.54, 1.807) is 32.9 Å². The number of aliphatic imine (C=N–C) groups is 1. The molecule has 26 heavy (non-hydrogen) atoms. The van der Waals surface area contributed by atoms with Gasteiger partial charge in [0, 0.05) is 25.2 Å². The van der Waals surface area contributed by atoms with Crippen molar-refractivity contribution in [2.24, 2.45) is 4.99 Å². The van der Waals surface area contributed by atoms with Gasteiger partial charge < -0.3 is 25.8 Å². The van der Waals surface area contributed by atoms with Gasteiger partial charge in [-0.25, -0.2) is 9.18 Å². The van der Waals surface area contributed by atoms with Crippen LogP contribution in [-0.2, 0) is 4.74 Å². The molecule has 1 atom stereocenters. The minimum absolute atomic E-state index is 0.00968. The summed E-state index contributed by atoms with van der Waals surface area (Å²) < 4.78 is 18.8. The van der Waals surface area contributed by atoms with E-state index in [0.717, 1.165) is 0 Å². The molecular formula is C18H29FN4O3. The maximum Gasteiger partial charge on any atom is 0.407 e. The number of nitrogens with zero attached hydrogens (tertiary/aromatic N) is 1. The van der Waals surface area contributed by atoms with Crippen LogP contribution in [0.5, 0.6) is 0 Å². The molecule has 1 amide bonds. The molecule has 0 aliphatic rings. The summed E-state index contributed by atoms with van der Waals surface area (Å²) in [6, 6.07) is 6.06. The van der Waals surface area contributed by atoms with Crippen molar-refractivity contribution in [3.8, 4) is 0 Å². The van der Waals surface area contributed by atoms with Crippen molar-refractivity contribution < 1.29 is 19.0 Å². The van der Waals surface area contributed by atoms with Crippen LogP contribution in [-0.4, -0.2) is 48.9 Å². The monoisotopic (exact) mass is 368 g/mol. The van der Waals surface area contributed by atoms with Gasteiger partial charge in [0.15, 0.2) is 5.96 Å². The molecule has 8 heteroatoms. The summed E-state index contributed by atoms with van der Waals surface area (Å²) in [6.45, 7) is 8.68. The highest BCUT2D eigenvalue weighted by molar-refractivity contribution is 5.79. The second-order valence-corrected chi connectivity index (χ2v) is 6.61. The third-order valence-corrected chi connectivity index (χ3v) is 3.12. The minimum Gasteiger partial charge on any atom is -0.444 e. The van der Waals surface area contributed by atoms with Gasteiger partial charge in [0.05, 0.1) is 6.54 Å². The molecule has 0 aliphatic heterocycles. The Hall–Kier alpha value is -2.35. The van der Waals surface area contributed by atoms with Gasteiger partial charge in [0.25, 0.3) is 0 Å². The molecule has 4 N–H and O–H groups in total. The summed E-state index contributed by atoms with van der Waals surface area (Å²) in [5.74, 6) is 0.00333. The lowest BCUT2D eigenvalue weighted by Gasteiger charge is -2.20. The molecule has 0 fully saturated rings. The number of aliphatic hydroxyl groups excluding tert-OH is 1. The molecule has 146 valence electrons. The zero-order chi connectivity index (χ0) is 19.6. The molecule has 0 spiro atoms. The van der Waals surface area contributed by atoms with Crippen molar-refractivity contribution in [2.45, 2.75) is 39.4 Å². The summed E-state index contributed by atoms with van der Waals surface area (Å²) >= 11 is 0. The molecule has 0 radical (unpaired) electrons. The van der Waals surface area contributed by atoms with Gasteiger partial charge in [0.1, 0.15) is 17.5 Å². The fourth-order valence-corrected chi connectivity index (χ4v) is 2.02. The van der Waals surface area contributed by atoms with Crippen molar-refractivity contribution in [2.75, 3.05) is 26.2 Å². The second-order valence-electron chi connectivity index (χ2n) is 6.61. The number of amides is 1. The SMILES string of the molecule is CCNC(=NCC(O)c1ccccc1F)NCCNC(=O)OC(C)(C)C. The number of nitrogens with one attached hydrogen (secondary N) is 3. The average Bonchev–Trinajstić information content (AvgIpc) is 2.55. The van der Waals surface area contributed by atoms with Crippen LogP contribution in [0.2, 0.25) is 0 Å². The van der Waals surface area contributed by atoms with Gasteiger partial charge in [-0.3, -0.25) is 4.99 Å². The first kappa shape index (κ1) is 21.7. The zero-order valence-electron chi connectivity index (χ0n) is 15.8. The number of guanidine groups is 1. The van der Waals surface area contributed by atoms with E-state index in [4.69, 9.17) is 4.74 Å². The minimum atomic E-state index is -1.04. The van der Waals surface area contributed by atoms with E-state index in [1.807, 2.05) is 6.92 Å². The van der Waals surface area contributed by atoms with Crippen molar-refractivity contribution in [1.82, 2.24) is 16.0 Å². The van der Waals surface area contributed by atoms with Crippen LogP contribution < -0.4 is 16.0 Å². The van der Waals surface area contributed by atoms with E-state index >= 15 is 0 Å². The molecule has 1 unspecified atom stereocenters. The second kappa shape index (κ2) is 10.6. The Morgan fingerprint density at radius 1 is 1.23 bits per heavy atom. The summed E-state index contributed by atoms with van der Waals surface area (Å²) in [6.07, 6.45) is -1.53. The quantitative estimate of drug-likeness (QED) is 0.335. The van der Waals surface area contributed by atoms with Crippen molar-refractivity contribution in [3.05, 3.63) is 35.6 Å². The number of aliphatic hydroxyl groups is 1. The fraction of sp³-hybridized carbons (Fsp3) is 0.556. The third kappa shape index (κ3) is 8.66. The molecule has 0 aliphatic carbocycles. The summed E-state index contributed by atoms with van der Waals surface area (Å²) in [7, 11) is 0. The maximum absolute atomic E-state index is 13.7. The van der Waals surface area contributed by atoms with E-state index in [2.05, 4.69) is 20.9 Å². The first-order chi connectivity index (χ1) is 12.2. The summed E-state index contributed by atoms with van der Waals surface area (Å²) in [5.41, 5.74) is -0.338. The number of carbonyl (C=O) groups excluding carboxylic acids is 1. The number of ether oxygens (including phenoxy) is 1. The van der Waals surface area contributed by atoms with Crippen LogP contribution in [0, 0.1) is 5.82 Å². The first-order valence-electron chi connectivity index (χ1n) is 8.64. The number of carbonyl (C=O) groups is 1. The topological polar surface area (TPSA) is 95.0 Å². The van der Waals surface area contributed by atoms with Crippen LogP contribution in [0.4, 0.5) is 9.18 Å². The zero-order valence-corrected chi connectivity index (χ0v) is 15.8. The van der Waals surface area contributed by atoms with Gasteiger partial charge >= 0.3 is 6.09 Å². The summed E-state index contributed by atoms with van der Waals surface area (Å²) in [4.78, 5) is 15.8. The third-order valence-electron chi connectivity index (χ3n) is 3.12. The Morgan fingerprint density at radius 3 is 2.50 bits per heavy atom. The van der Waals surface area contributed by atoms with E-state index in [-0.39, 0.29) is 12.1 Å². The fourth-order valence-electron chi connectivity index (χ4n) is 2.02. The number of benzene rings is 1. The van der Waals surface area contributed by atoms with Gasteiger partial charge in [0.2, 0.25) is 0 Å². The predicted molar refractivity (Wildman–Crippen MR) is 99.6 cm³/mol. The molecule has 0 bridgehead atoms. The van der Waals surface area contributed by atoms with Crippen LogP contribution in [0.3, 0.4) is 0 Å². The van der Waals surface area contributed by atoms with Gasteiger partial charge in [-0.05, 0) is 33.8 Å². The normalized spacial score (nSPS) is 13.1. The van der Waals surface area contributed by atoms with Crippen LogP contribution in [0.15, 0.2) is 29.3 Å². The van der Waals surface area contributed by atoms with Gasteiger partial charge in [-0.2, -0.15) is 0 Å². The van der Waals surface area contributed by atoms with Crippen molar-refractivity contribution in [1.29, 1.82) is 0 Å². The number of halogens is 1. The first-order valence-corrected chi connectivity index (χ1v) is 8.64. The Balaban J connectivity index is 2.46. The lowest BCUT2D eigenvalue weighted by atomic mass is 10.1. The van der Waals surface area contributed by atoms with Crippen LogP contribution in [0.1, 0.15) is 39.4 Å². The van der Waals surface area contributed by atoms with E-state index in [1.165, 1.54) is 12.1 Å². The molecule has 1 rings (SSSR count). The lowest BCUT2D eigenvalue weighted by molar-refractivity contribution is 0.0529. The highest BCUT2D eigenvalue weighted by atomic mass is 19.1. The highest BCUT2D eigenvalue weighted by Gasteiger charge is 2.15. The molecule has 0 saturated heterocycles. The standard InChI is InChI=1S/C18H29FN4O3/c1-5-20-16(21-10-11-22-17(25)26-18(2,3)4)23-12-15(24)13-8-6-7-9-14(13)19/h6-9,15,24H,5,10-12H2,1-4H3,(H,22,25)(H2,20,21,23). The molecule has 0 saturated carbocycles. The van der Waals surface area contributed by atoms with E-state index in [0.29, 0.717) is 25.6 Å². The molecule has 7 nitrogen and oxygen atoms in total. The number of alkyl carbamates (subject to hydrolysis) is 1. The summed E-state index contributed by atoms with van der Waals surface area (Å²) in [5, 5.41) is 18.8. The van der Waals surface area contributed by atoms with Crippen molar-refractivity contribution >= 4 is 12.1 Å². The van der Waals surface area contributed by atoms with Gasteiger partial charge in [-0.1, -0.05) is 18.2 Å². The Bertz CT molecular complexity index is 602. The molecular weight excluding hydrogens is 339 g/mol. The smallest absolute Gasteiger partial charge is 0.407 e. The van der Waals surface area contributed by atoms with Crippen LogP contribution in [0.25, 0.3) is 0 Å². The largest absolute Gasteiger partial charge is 0.444 e. The number of hydrogen-bond donors (Lipinski definition) is 4. The Kier molecular flexibility index (Phi) is 8.84. The highest BCUT2D eigenvalue weighted by Crippen LogP contribution is 2.16. The van der Waals surface area contributed by atoms with Crippen molar-refractivity contribution in [3.63, 3.8) is 0 Å². The van der Waals surface area contributed by atoms with Gasteiger partial charge in [-0.15, -0.1) is 0 Å². The Labute approximate surface area is 154 Å². The molecule has 1 aromatic rings. The molecule has 0 aromatic heterocycles. The molecule has 1 aromatic carbocycles. The number of hydrogen-bond acceptors (Lipinski definition) is 4. The van der Waals surface area contributed by atoms with Crippen LogP contribution >= 0.6 is 0 Å². The Morgan fingerprint density at radius 2 is 1.88 bits per heavy atom. The lowest BCUT2D eigenvalue weighted by Crippen LogP contribution is -2.42. The number of rotatable bonds is 7. The maximum atomic E-state index is 13.7.